The van der Waals surface area contributed by atoms with Crippen LogP contribution in [0.4, 0.5) is 0 Å². The Morgan fingerprint density at radius 3 is 1.55 bits per heavy atom. The number of aromatic amines is 1. The Labute approximate surface area is 397 Å². The maximum atomic E-state index is 14.4. The van der Waals surface area contributed by atoms with E-state index >= 15 is 0 Å². The molecule has 3 aromatic rings. The molecular weight excluding hydrogens is 901 g/mol. The van der Waals surface area contributed by atoms with Crippen LogP contribution in [-0.4, -0.2) is 114 Å². The molecule has 2 aromatic carbocycles. The minimum Gasteiger partial charge on any atom is -0.481 e. The van der Waals surface area contributed by atoms with Gasteiger partial charge in [0.25, 0.3) is 0 Å². The summed E-state index contributed by atoms with van der Waals surface area (Å²) >= 11 is 0. The lowest BCUT2D eigenvalue weighted by atomic mass is 9.87. The molecular formula is C48H62N6O15. The van der Waals surface area contributed by atoms with Crippen molar-refractivity contribution in [3.63, 3.8) is 0 Å². The molecule has 0 radical (unpaired) electrons. The van der Waals surface area contributed by atoms with Crippen LogP contribution in [0.15, 0.2) is 60.8 Å². The van der Waals surface area contributed by atoms with E-state index in [2.05, 4.69) is 20.9 Å². The first-order valence-electron chi connectivity index (χ1n) is 22.6. The molecule has 1 aromatic heterocycles. The van der Waals surface area contributed by atoms with Gasteiger partial charge in [-0.15, -0.1) is 0 Å². The lowest BCUT2D eigenvalue weighted by Crippen LogP contribution is -2.48. The quantitative estimate of drug-likeness (QED) is 0.0410. The summed E-state index contributed by atoms with van der Waals surface area (Å²) in [7, 11) is 0. The number of carboxylic acids is 4. The van der Waals surface area contributed by atoms with Gasteiger partial charge in [0.15, 0.2) is 11.6 Å². The van der Waals surface area contributed by atoms with Crippen molar-refractivity contribution in [1.82, 2.24) is 20.9 Å². The van der Waals surface area contributed by atoms with Crippen molar-refractivity contribution in [3.05, 3.63) is 71.9 Å². The number of para-hydroxylation sites is 1. The van der Waals surface area contributed by atoms with Gasteiger partial charge >= 0.3 is 23.9 Å². The van der Waals surface area contributed by atoms with Gasteiger partial charge in [-0.05, 0) is 69.1 Å². The molecule has 0 aliphatic rings. The number of nitrogens with one attached hydrogen (secondary N) is 4. The monoisotopic (exact) mass is 962 g/mol. The number of carbonyl (C=O) groups is 11. The van der Waals surface area contributed by atoms with Crippen LogP contribution in [0.2, 0.25) is 0 Å². The van der Waals surface area contributed by atoms with Crippen LogP contribution < -0.4 is 27.4 Å². The first kappa shape index (κ1) is 56.0. The highest BCUT2D eigenvalue weighted by Crippen LogP contribution is 2.25. The molecule has 3 rings (SSSR count). The highest BCUT2D eigenvalue weighted by molar-refractivity contribution is 5.97. The number of aromatic nitrogens is 1. The van der Waals surface area contributed by atoms with Crippen LogP contribution in [0, 0.1) is 17.8 Å². The van der Waals surface area contributed by atoms with Crippen molar-refractivity contribution < 1.29 is 73.2 Å². The third kappa shape index (κ3) is 20.2. The molecule has 12 N–H and O–H groups in total. The number of H-pyrrole nitrogens is 1. The van der Waals surface area contributed by atoms with Crippen LogP contribution in [0.1, 0.15) is 102 Å². The highest BCUT2D eigenvalue weighted by Gasteiger charge is 2.35. The predicted molar refractivity (Wildman–Crippen MR) is 247 cm³/mol. The number of hydrogen-bond donors (Lipinski definition) is 10. The molecule has 4 amide bonds. The number of benzene rings is 2. The zero-order valence-electron chi connectivity index (χ0n) is 38.4. The summed E-state index contributed by atoms with van der Waals surface area (Å²) in [5.74, 6) is -14.1. The van der Waals surface area contributed by atoms with E-state index in [4.69, 9.17) is 16.6 Å². The van der Waals surface area contributed by atoms with Gasteiger partial charge in [0.05, 0.1) is 18.1 Å². The molecule has 0 aliphatic heterocycles. The molecule has 1 heterocycles. The fourth-order valence-electron chi connectivity index (χ4n) is 7.74. The summed E-state index contributed by atoms with van der Waals surface area (Å²) in [4.78, 5) is 144. The molecule has 0 bridgehead atoms. The fourth-order valence-corrected chi connectivity index (χ4v) is 7.74. The van der Waals surface area contributed by atoms with E-state index in [0.29, 0.717) is 11.1 Å². The molecule has 0 unspecified atom stereocenters. The standard InChI is InChI=1S/C48H62N6O15/c1-27(11-17-42(59)60)52-47(68)31(22-32-26-51-35-10-6-5-9-33(32)35)25-40(57)37(15-20-45(65)66)54-48(69)30(21-28-7-3-2-4-8-28)24-39(56)36(14-19-44(63)64)53-46(67)29(12-16-41(50)58)23-38(55)34(49)13-18-43(61)62/h2-10,26-27,29-31,34,36-37,51H,11-25,49H2,1H3,(H2,50,58)(H,52,68)(H,53,67)(H,54,69)(H,59,60)(H,61,62)(H,63,64)(H,65,66)/t27-,29-,30-,31-,34+,36+,37+/m1/s1. The maximum absolute atomic E-state index is 14.4. The molecule has 374 valence electrons. The number of Topliss-reactive ketones (excluding diaryl/α,β-unsaturated/α-hetero) is 3. The number of amides is 4. The molecule has 0 saturated heterocycles. The van der Waals surface area contributed by atoms with E-state index in [0.717, 1.165) is 10.9 Å². The maximum Gasteiger partial charge on any atom is 0.303 e. The van der Waals surface area contributed by atoms with Crippen LogP contribution in [-0.2, 0) is 65.6 Å². The van der Waals surface area contributed by atoms with Gasteiger partial charge in [-0.2, -0.15) is 0 Å². The Hall–Kier alpha value is -7.29. The molecule has 0 saturated carbocycles. The molecule has 0 aliphatic carbocycles. The number of nitrogens with two attached hydrogens (primary N) is 2. The Balaban J connectivity index is 1.95. The number of carbonyl (C=O) groups excluding carboxylic acids is 7. The van der Waals surface area contributed by atoms with Crippen molar-refractivity contribution in [2.45, 2.75) is 127 Å². The predicted octanol–water partition coefficient (Wildman–Crippen LogP) is 2.21. The summed E-state index contributed by atoms with van der Waals surface area (Å²) in [5, 5.41) is 46.0. The molecule has 69 heavy (non-hydrogen) atoms. The number of fused-ring (bicyclic) bond motifs is 1. The highest BCUT2D eigenvalue weighted by atomic mass is 16.4. The zero-order valence-corrected chi connectivity index (χ0v) is 38.4. The first-order valence-corrected chi connectivity index (χ1v) is 22.6. The Bertz CT molecular complexity index is 2310. The van der Waals surface area contributed by atoms with E-state index in [1.807, 2.05) is 18.2 Å². The van der Waals surface area contributed by atoms with E-state index in [1.165, 1.54) is 0 Å². The van der Waals surface area contributed by atoms with Crippen molar-refractivity contribution >= 4 is 75.8 Å². The largest absolute Gasteiger partial charge is 0.481 e. The lowest BCUT2D eigenvalue weighted by molar-refractivity contribution is -0.139. The van der Waals surface area contributed by atoms with Gasteiger partial charge in [0, 0.05) is 92.3 Å². The number of rotatable bonds is 34. The lowest BCUT2D eigenvalue weighted by Gasteiger charge is -2.26. The molecule has 21 heteroatoms. The van der Waals surface area contributed by atoms with E-state index < -0.39 is 158 Å². The summed E-state index contributed by atoms with van der Waals surface area (Å²) in [6.07, 6.45) is -3.70. The number of aliphatic carboxylic acids is 4. The summed E-state index contributed by atoms with van der Waals surface area (Å²) in [5.41, 5.74) is 13.2. The van der Waals surface area contributed by atoms with Gasteiger partial charge in [-0.3, -0.25) is 52.7 Å². The number of carboxylic acid groups (broad SMARTS) is 4. The summed E-state index contributed by atoms with van der Waals surface area (Å²) in [6, 6.07) is 10.7. The second kappa shape index (κ2) is 28.1. The fraction of sp³-hybridized carbons (Fsp3) is 0.479. The van der Waals surface area contributed by atoms with Crippen LogP contribution in [0.25, 0.3) is 10.9 Å². The second-order valence-electron chi connectivity index (χ2n) is 17.2. The summed E-state index contributed by atoms with van der Waals surface area (Å²) < 4.78 is 0. The molecule has 0 spiro atoms. The Morgan fingerprint density at radius 1 is 0.536 bits per heavy atom. The SMILES string of the molecule is C[C@H](CCC(=O)O)NC(=O)[C@@H](CC(=O)[C@H](CCC(=O)O)NC(=O)[C@@H](CC(=O)[C@H](CCC(=O)O)NC(=O)[C@H](CCC(N)=O)CC(=O)[C@@H](N)CCC(=O)O)Cc1ccccc1)Cc1c[nH]c2ccccc12. The number of ketones is 3. The van der Waals surface area contributed by atoms with Crippen LogP contribution in [0.5, 0.6) is 0 Å². The third-order valence-corrected chi connectivity index (χ3v) is 11.6. The van der Waals surface area contributed by atoms with Crippen LogP contribution >= 0.6 is 0 Å². The van der Waals surface area contributed by atoms with Crippen molar-refractivity contribution in [2.75, 3.05) is 0 Å². The number of primary amides is 1. The minimum atomic E-state index is -1.56. The minimum absolute atomic E-state index is 0.0243. The van der Waals surface area contributed by atoms with Crippen LogP contribution in [0.3, 0.4) is 0 Å². The van der Waals surface area contributed by atoms with Gasteiger partial charge in [-0.25, -0.2) is 0 Å². The van der Waals surface area contributed by atoms with E-state index in [9.17, 15) is 68.1 Å². The normalized spacial score (nSPS) is 14.2. The van der Waals surface area contributed by atoms with Crippen molar-refractivity contribution in [3.8, 4) is 0 Å². The molecule has 7 atom stereocenters. The molecule has 21 nitrogen and oxygen atoms in total. The van der Waals surface area contributed by atoms with Gasteiger partial charge in [0.1, 0.15) is 5.78 Å². The smallest absolute Gasteiger partial charge is 0.303 e. The van der Waals surface area contributed by atoms with Crippen molar-refractivity contribution in [1.29, 1.82) is 0 Å². The van der Waals surface area contributed by atoms with Gasteiger partial charge in [-0.1, -0.05) is 48.5 Å². The zero-order chi connectivity index (χ0) is 51.2. The van der Waals surface area contributed by atoms with Gasteiger partial charge in [0.2, 0.25) is 23.6 Å². The van der Waals surface area contributed by atoms with E-state index in [-0.39, 0.29) is 44.9 Å². The first-order chi connectivity index (χ1) is 32.6. The second-order valence-corrected chi connectivity index (χ2v) is 17.2. The van der Waals surface area contributed by atoms with Crippen molar-refractivity contribution in [2.24, 2.45) is 29.2 Å². The topological polar surface area (TPSA) is 373 Å². The Morgan fingerprint density at radius 2 is 1.00 bits per heavy atom. The third-order valence-electron chi connectivity index (χ3n) is 11.6. The average Bonchev–Trinajstić information content (AvgIpc) is 3.70. The number of hydrogen-bond acceptors (Lipinski definition) is 12. The average molecular weight is 963 g/mol. The van der Waals surface area contributed by atoms with E-state index in [1.54, 1.807) is 49.5 Å². The van der Waals surface area contributed by atoms with Gasteiger partial charge < -0.3 is 52.8 Å². The molecule has 0 fully saturated rings. The Kier molecular flexibility index (Phi) is 22.8. The summed E-state index contributed by atoms with van der Waals surface area (Å²) in [6.45, 7) is 1.61.